The van der Waals surface area contributed by atoms with Crippen molar-refractivity contribution in [2.24, 2.45) is 5.41 Å². The molecule has 6 heteroatoms. The van der Waals surface area contributed by atoms with Gasteiger partial charge in [0.15, 0.2) is 11.5 Å². The number of methoxy groups -OCH3 is 1. The number of benzene rings is 1. The van der Waals surface area contributed by atoms with E-state index in [9.17, 15) is 14.7 Å². The number of pyridine rings is 1. The molecule has 2 aromatic rings. The highest BCUT2D eigenvalue weighted by molar-refractivity contribution is 6.12. The molecule has 0 radical (unpaired) electrons. The number of aliphatic carboxylic acids is 1. The molecular formula is C24H29NO5. The van der Waals surface area contributed by atoms with E-state index in [0.717, 1.165) is 31.2 Å². The van der Waals surface area contributed by atoms with E-state index < -0.39 is 17.2 Å². The van der Waals surface area contributed by atoms with Gasteiger partial charge in [0, 0.05) is 18.2 Å². The minimum Gasteiger partial charge on any atom is -0.488 e. The second-order valence-electron chi connectivity index (χ2n) is 7.95. The third kappa shape index (κ3) is 4.81. The number of carbonyl (C=O) groups excluding carboxylic acids is 1. The Morgan fingerprint density at radius 1 is 1.13 bits per heavy atom. The number of aryl methyl sites for hydroxylation is 1. The van der Waals surface area contributed by atoms with Crippen LogP contribution < -0.4 is 9.47 Å². The first-order valence-electron chi connectivity index (χ1n) is 10.5. The Kier molecular flexibility index (Phi) is 7.08. The third-order valence-corrected chi connectivity index (χ3v) is 5.81. The monoisotopic (exact) mass is 411 g/mol. The Morgan fingerprint density at radius 3 is 2.50 bits per heavy atom. The molecule has 6 nitrogen and oxygen atoms in total. The molecule has 160 valence electrons. The summed E-state index contributed by atoms with van der Waals surface area (Å²) in [5.74, 6) is -0.811. The van der Waals surface area contributed by atoms with Gasteiger partial charge < -0.3 is 14.6 Å². The molecule has 1 N–H and O–H groups in total. The van der Waals surface area contributed by atoms with Crippen LogP contribution >= 0.6 is 0 Å². The summed E-state index contributed by atoms with van der Waals surface area (Å²) in [7, 11) is 1.49. The van der Waals surface area contributed by atoms with Crippen molar-refractivity contribution in [3.63, 3.8) is 0 Å². The Morgan fingerprint density at radius 2 is 1.87 bits per heavy atom. The number of carbonyl (C=O) groups is 2. The van der Waals surface area contributed by atoms with Gasteiger partial charge in [0.1, 0.15) is 5.41 Å². The van der Waals surface area contributed by atoms with Crippen molar-refractivity contribution < 1.29 is 24.2 Å². The first-order chi connectivity index (χ1) is 14.5. The molecule has 0 spiro atoms. The van der Waals surface area contributed by atoms with Crippen molar-refractivity contribution in [3.8, 4) is 11.6 Å². The highest BCUT2D eigenvalue weighted by atomic mass is 16.5. The number of nitrogens with zero attached hydrogens (tertiary/aromatic N) is 1. The predicted molar refractivity (Wildman–Crippen MR) is 113 cm³/mol. The van der Waals surface area contributed by atoms with Gasteiger partial charge in [0.2, 0.25) is 0 Å². The molecule has 1 aromatic heterocycles. The van der Waals surface area contributed by atoms with Gasteiger partial charge in [-0.2, -0.15) is 0 Å². The second kappa shape index (κ2) is 9.74. The van der Waals surface area contributed by atoms with E-state index in [1.54, 1.807) is 6.07 Å². The van der Waals surface area contributed by atoms with Crippen molar-refractivity contribution in [2.75, 3.05) is 13.7 Å². The molecule has 0 bridgehead atoms. The number of ketones is 1. The Balaban J connectivity index is 1.80. The number of carboxylic acids is 1. The summed E-state index contributed by atoms with van der Waals surface area (Å²) < 4.78 is 11.2. The quantitative estimate of drug-likeness (QED) is 0.387. The van der Waals surface area contributed by atoms with E-state index >= 15 is 0 Å². The number of aromatic nitrogens is 1. The molecule has 0 unspecified atom stereocenters. The molecule has 3 rings (SSSR count). The first kappa shape index (κ1) is 21.8. The van der Waals surface area contributed by atoms with Crippen molar-refractivity contribution in [1.29, 1.82) is 0 Å². The molecule has 0 aliphatic heterocycles. The topological polar surface area (TPSA) is 85.7 Å². The molecule has 1 aliphatic carbocycles. The van der Waals surface area contributed by atoms with Crippen LogP contribution in [0.2, 0.25) is 0 Å². The van der Waals surface area contributed by atoms with E-state index in [1.165, 1.54) is 18.9 Å². The summed E-state index contributed by atoms with van der Waals surface area (Å²) in [6.07, 6.45) is 6.19. The zero-order valence-corrected chi connectivity index (χ0v) is 17.6. The van der Waals surface area contributed by atoms with Gasteiger partial charge in [-0.15, -0.1) is 0 Å². The average Bonchev–Trinajstić information content (AvgIpc) is 3.00. The van der Waals surface area contributed by atoms with E-state index in [4.69, 9.17) is 9.47 Å². The normalized spacial score (nSPS) is 15.8. The largest absolute Gasteiger partial charge is 0.488 e. The highest BCUT2D eigenvalue weighted by Gasteiger charge is 2.46. The minimum absolute atomic E-state index is 0.255. The van der Waals surface area contributed by atoms with Crippen LogP contribution in [0.25, 0.3) is 0 Å². The summed E-state index contributed by atoms with van der Waals surface area (Å²) in [6.45, 7) is 2.43. The Hall–Kier alpha value is -2.89. The predicted octanol–water partition coefficient (Wildman–Crippen LogP) is 4.63. The number of Topliss-reactive ketones (excluding diaryl/α,β-unsaturated/α-hetero) is 1. The van der Waals surface area contributed by atoms with Crippen LogP contribution in [0, 0.1) is 12.3 Å². The zero-order chi connectivity index (χ0) is 21.6. The summed E-state index contributed by atoms with van der Waals surface area (Å²) >= 11 is 0. The van der Waals surface area contributed by atoms with Gasteiger partial charge in [-0.3, -0.25) is 9.59 Å². The fourth-order valence-corrected chi connectivity index (χ4v) is 4.11. The van der Waals surface area contributed by atoms with Crippen LogP contribution in [0.3, 0.4) is 0 Å². The van der Waals surface area contributed by atoms with Gasteiger partial charge in [0.05, 0.1) is 13.7 Å². The van der Waals surface area contributed by atoms with Gasteiger partial charge in [-0.25, -0.2) is 4.98 Å². The number of hydrogen-bond donors (Lipinski definition) is 1. The molecule has 1 aromatic carbocycles. The summed E-state index contributed by atoms with van der Waals surface area (Å²) in [5.41, 5.74) is 1.20. The standard InChI is InChI=1S/C24H29NO5/c1-17-8-7-9-18(14-17)10-13-30-20-15-19(16-25-22(20)29-2)21(26)24(23(27)28)11-5-3-4-6-12-24/h7-9,14-16H,3-6,10-13H2,1-2H3,(H,27,28). The van der Waals surface area contributed by atoms with Crippen molar-refractivity contribution in [2.45, 2.75) is 51.9 Å². The number of hydrogen-bond acceptors (Lipinski definition) is 5. The van der Waals surface area contributed by atoms with E-state index in [2.05, 4.69) is 11.1 Å². The summed E-state index contributed by atoms with van der Waals surface area (Å²) in [6, 6.07) is 9.75. The first-order valence-corrected chi connectivity index (χ1v) is 10.5. The number of ether oxygens (including phenoxy) is 2. The molecule has 1 heterocycles. The second-order valence-corrected chi connectivity index (χ2v) is 7.95. The smallest absolute Gasteiger partial charge is 0.317 e. The van der Waals surface area contributed by atoms with E-state index in [0.29, 0.717) is 31.6 Å². The minimum atomic E-state index is -1.38. The number of carboxylic acid groups (broad SMARTS) is 1. The molecule has 1 saturated carbocycles. The molecule has 0 amide bonds. The summed E-state index contributed by atoms with van der Waals surface area (Å²) in [5, 5.41) is 9.91. The Labute approximate surface area is 177 Å². The van der Waals surface area contributed by atoms with Gasteiger partial charge in [-0.1, -0.05) is 55.5 Å². The maximum absolute atomic E-state index is 13.3. The van der Waals surface area contributed by atoms with Gasteiger partial charge in [0.25, 0.3) is 5.88 Å². The maximum Gasteiger partial charge on any atom is 0.317 e. The summed E-state index contributed by atoms with van der Waals surface area (Å²) in [4.78, 5) is 29.6. The highest BCUT2D eigenvalue weighted by Crippen LogP contribution is 2.39. The van der Waals surface area contributed by atoms with E-state index in [1.807, 2.05) is 25.1 Å². The van der Waals surface area contributed by atoms with Crippen molar-refractivity contribution in [1.82, 2.24) is 4.98 Å². The van der Waals surface area contributed by atoms with Crippen LogP contribution in [-0.2, 0) is 11.2 Å². The van der Waals surface area contributed by atoms with Crippen LogP contribution in [0.5, 0.6) is 11.6 Å². The Bertz CT molecular complexity index is 900. The molecular weight excluding hydrogens is 382 g/mol. The lowest BCUT2D eigenvalue weighted by Crippen LogP contribution is -2.39. The lowest BCUT2D eigenvalue weighted by molar-refractivity contribution is -0.146. The molecule has 0 atom stereocenters. The van der Waals surface area contributed by atoms with Crippen LogP contribution in [0.15, 0.2) is 36.5 Å². The zero-order valence-electron chi connectivity index (χ0n) is 17.6. The molecule has 30 heavy (non-hydrogen) atoms. The number of rotatable bonds is 8. The lowest BCUT2D eigenvalue weighted by Gasteiger charge is -2.26. The van der Waals surface area contributed by atoms with Crippen LogP contribution in [0.1, 0.15) is 60.0 Å². The maximum atomic E-state index is 13.3. The van der Waals surface area contributed by atoms with Gasteiger partial charge >= 0.3 is 5.97 Å². The molecule has 0 saturated heterocycles. The van der Waals surface area contributed by atoms with Crippen molar-refractivity contribution >= 4 is 11.8 Å². The fraction of sp³-hybridized carbons (Fsp3) is 0.458. The fourth-order valence-electron chi connectivity index (χ4n) is 4.11. The lowest BCUT2D eigenvalue weighted by atomic mass is 9.74. The molecule has 1 aliphatic rings. The molecule has 1 fully saturated rings. The van der Waals surface area contributed by atoms with Crippen LogP contribution in [0.4, 0.5) is 0 Å². The third-order valence-electron chi connectivity index (χ3n) is 5.81. The van der Waals surface area contributed by atoms with Gasteiger partial charge in [-0.05, 0) is 31.4 Å². The average molecular weight is 411 g/mol. The SMILES string of the molecule is COc1ncc(C(=O)C2(C(=O)O)CCCCCC2)cc1OCCc1cccc(C)c1. The van der Waals surface area contributed by atoms with Crippen LogP contribution in [-0.4, -0.2) is 35.6 Å². The van der Waals surface area contributed by atoms with Crippen molar-refractivity contribution in [3.05, 3.63) is 53.2 Å². The van der Waals surface area contributed by atoms with E-state index in [-0.39, 0.29) is 11.4 Å².